The summed E-state index contributed by atoms with van der Waals surface area (Å²) in [7, 11) is 0. The Morgan fingerprint density at radius 1 is 1.33 bits per heavy atom. The average Bonchev–Trinajstić information content (AvgIpc) is 2.27. The highest BCUT2D eigenvalue weighted by atomic mass is 16.4. The van der Waals surface area contributed by atoms with Gasteiger partial charge in [0.1, 0.15) is 18.0 Å². The van der Waals surface area contributed by atoms with Gasteiger partial charge in [-0.2, -0.15) is 0 Å². The predicted octanol–water partition coefficient (Wildman–Crippen LogP) is -0.409. The second-order valence-corrected chi connectivity index (χ2v) is 3.13. The molecule has 0 bridgehead atoms. The molecule has 0 fully saturated rings. The van der Waals surface area contributed by atoms with Crippen molar-refractivity contribution in [1.82, 2.24) is 0 Å². The van der Waals surface area contributed by atoms with Crippen LogP contribution in [0.25, 0.3) is 0 Å². The Labute approximate surface area is 86.2 Å². The van der Waals surface area contributed by atoms with Crippen LogP contribution in [0.1, 0.15) is 22.0 Å². The van der Waals surface area contributed by atoms with Gasteiger partial charge in [0.25, 0.3) is 0 Å². The molecule has 0 radical (unpaired) electrons. The van der Waals surface area contributed by atoms with Gasteiger partial charge in [0.05, 0.1) is 12.2 Å². The minimum Gasteiger partial charge on any atom is -0.507 e. The largest absolute Gasteiger partial charge is 0.507 e. The second kappa shape index (κ2) is 4.88. The first-order chi connectivity index (χ1) is 7.10. The molecule has 2 atom stereocenters. The first-order valence-corrected chi connectivity index (χ1v) is 4.35. The molecule has 5 nitrogen and oxygen atoms in total. The molecule has 15 heavy (non-hydrogen) atoms. The number of aliphatic hydroxyl groups excluding tert-OH is 3. The number of phenols is 1. The standard InChI is InChI=1S/C10H12O5/c11-4-7-3-6(1-2-8(7)13)10(15)9(14)5-12/h1-4,9-10,12-15H,5H2. The fourth-order valence-corrected chi connectivity index (χ4v) is 1.17. The predicted molar refractivity (Wildman–Crippen MR) is 51.5 cm³/mol. The van der Waals surface area contributed by atoms with Crippen LogP contribution in [0.2, 0.25) is 0 Å². The van der Waals surface area contributed by atoms with Crippen molar-refractivity contribution in [1.29, 1.82) is 0 Å². The third-order valence-corrected chi connectivity index (χ3v) is 2.07. The Kier molecular flexibility index (Phi) is 3.79. The normalized spacial score (nSPS) is 14.6. The lowest BCUT2D eigenvalue weighted by molar-refractivity contribution is -0.0152. The number of hydrogen-bond donors (Lipinski definition) is 4. The van der Waals surface area contributed by atoms with Gasteiger partial charge in [0.15, 0.2) is 6.29 Å². The highest BCUT2D eigenvalue weighted by Gasteiger charge is 2.18. The van der Waals surface area contributed by atoms with E-state index in [1.807, 2.05) is 0 Å². The molecule has 1 aromatic rings. The van der Waals surface area contributed by atoms with Crippen molar-refractivity contribution < 1.29 is 25.2 Å². The lowest BCUT2D eigenvalue weighted by Crippen LogP contribution is -2.22. The monoisotopic (exact) mass is 212 g/mol. The Morgan fingerprint density at radius 3 is 2.53 bits per heavy atom. The number of aliphatic hydroxyl groups is 3. The summed E-state index contributed by atoms with van der Waals surface area (Å²) in [4.78, 5) is 10.5. The van der Waals surface area contributed by atoms with Gasteiger partial charge in [-0.25, -0.2) is 0 Å². The Bertz CT molecular complexity index is 350. The van der Waals surface area contributed by atoms with Gasteiger partial charge in [0, 0.05) is 0 Å². The number of hydrogen-bond acceptors (Lipinski definition) is 5. The van der Waals surface area contributed by atoms with Crippen LogP contribution in [0.5, 0.6) is 5.75 Å². The molecule has 0 saturated carbocycles. The molecular formula is C10H12O5. The van der Waals surface area contributed by atoms with Crippen molar-refractivity contribution in [2.75, 3.05) is 6.61 Å². The lowest BCUT2D eigenvalue weighted by Gasteiger charge is -2.16. The maximum absolute atomic E-state index is 10.5. The van der Waals surface area contributed by atoms with Crippen LogP contribution in [0.4, 0.5) is 0 Å². The number of carbonyl (C=O) groups is 1. The van der Waals surface area contributed by atoms with Crippen molar-refractivity contribution in [2.24, 2.45) is 0 Å². The van der Waals surface area contributed by atoms with E-state index < -0.39 is 18.8 Å². The number of aldehydes is 1. The van der Waals surface area contributed by atoms with Gasteiger partial charge in [-0.1, -0.05) is 6.07 Å². The minimum absolute atomic E-state index is 0.0247. The third kappa shape index (κ3) is 2.53. The maximum atomic E-state index is 10.5. The van der Waals surface area contributed by atoms with E-state index in [9.17, 15) is 15.0 Å². The Morgan fingerprint density at radius 2 is 2.00 bits per heavy atom. The van der Waals surface area contributed by atoms with Gasteiger partial charge in [0.2, 0.25) is 0 Å². The first kappa shape index (κ1) is 11.6. The van der Waals surface area contributed by atoms with Crippen molar-refractivity contribution in [3.05, 3.63) is 29.3 Å². The zero-order chi connectivity index (χ0) is 11.4. The van der Waals surface area contributed by atoms with Crippen molar-refractivity contribution in [3.8, 4) is 5.75 Å². The van der Waals surface area contributed by atoms with Crippen LogP contribution in [-0.4, -0.2) is 39.4 Å². The van der Waals surface area contributed by atoms with Gasteiger partial charge in [-0.3, -0.25) is 4.79 Å². The fraction of sp³-hybridized carbons (Fsp3) is 0.300. The molecule has 5 heteroatoms. The molecule has 2 unspecified atom stereocenters. The summed E-state index contributed by atoms with van der Waals surface area (Å²) in [5.74, 6) is -0.195. The van der Waals surface area contributed by atoms with Gasteiger partial charge >= 0.3 is 0 Å². The molecule has 82 valence electrons. The zero-order valence-corrected chi connectivity index (χ0v) is 7.87. The fourth-order valence-electron chi connectivity index (χ4n) is 1.17. The van der Waals surface area contributed by atoms with E-state index in [0.717, 1.165) is 0 Å². The van der Waals surface area contributed by atoms with Crippen LogP contribution < -0.4 is 0 Å². The van der Waals surface area contributed by atoms with Crippen LogP contribution in [0.15, 0.2) is 18.2 Å². The summed E-state index contributed by atoms with van der Waals surface area (Å²) in [5, 5.41) is 36.5. The van der Waals surface area contributed by atoms with Crippen molar-refractivity contribution in [2.45, 2.75) is 12.2 Å². The van der Waals surface area contributed by atoms with Crippen LogP contribution in [0, 0.1) is 0 Å². The number of rotatable bonds is 4. The van der Waals surface area contributed by atoms with Crippen LogP contribution in [-0.2, 0) is 0 Å². The van der Waals surface area contributed by atoms with Gasteiger partial charge in [-0.05, 0) is 17.7 Å². The molecule has 0 spiro atoms. The topological polar surface area (TPSA) is 98.0 Å². The van der Waals surface area contributed by atoms with E-state index in [1.165, 1.54) is 18.2 Å². The van der Waals surface area contributed by atoms with Crippen molar-refractivity contribution in [3.63, 3.8) is 0 Å². The van der Waals surface area contributed by atoms with Crippen LogP contribution >= 0.6 is 0 Å². The summed E-state index contributed by atoms with van der Waals surface area (Å²) in [6.45, 7) is -0.585. The SMILES string of the molecule is O=Cc1cc(C(O)C(O)CO)ccc1O. The molecule has 0 saturated heterocycles. The molecule has 0 amide bonds. The number of benzene rings is 1. The quantitative estimate of drug-likeness (QED) is 0.509. The Balaban J connectivity index is 3.00. The maximum Gasteiger partial charge on any atom is 0.153 e. The lowest BCUT2D eigenvalue weighted by atomic mass is 10.0. The molecular weight excluding hydrogens is 200 g/mol. The van der Waals surface area contributed by atoms with E-state index in [4.69, 9.17) is 10.2 Å². The first-order valence-electron chi connectivity index (χ1n) is 4.35. The van der Waals surface area contributed by atoms with Crippen molar-refractivity contribution >= 4 is 6.29 Å². The van der Waals surface area contributed by atoms with E-state index in [-0.39, 0.29) is 16.9 Å². The van der Waals surface area contributed by atoms with E-state index in [1.54, 1.807) is 0 Å². The average molecular weight is 212 g/mol. The summed E-state index contributed by atoms with van der Waals surface area (Å²) >= 11 is 0. The Hall–Kier alpha value is -1.43. The molecule has 1 rings (SSSR count). The molecule has 0 aliphatic carbocycles. The number of carbonyl (C=O) groups excluding carboxylic acids is 1. The summed E-state index contributed by atoms with van der Waals surface area (Å²) < 4.78 is 0. The van der Waals surface area contributed by atoms with Gasteiger partial charge < -0.3 is 20.4 Å². The third-order valence-electron chi connectivity index (χ3n) is 2.07. The smallest absolute Gasteiger partial charge is 0.153 e. The summed E-state index contributed by atoms with van der Waals surface area (Å²) in [5.41, 5.74) is 0.285. The minimum atomic E-state index is -1.31. The second-order valence-electron chi connectivity index (χ2n) is 3.13. The molecule has 1 aromatic carbocycles. The molecule has 0 aromatic heterocycles. The zero-order valence-electron chi connectivity index (χ0n) is 7.87. The van der Waals surface area contributed by atoms with E-state index >= 15 is 0 Å². The number of aromatic hydroxyl groups is 1. The molecule has 0 heterocycles. The van der Waals surface area contributed by atoms with Gasteiger partial charge in [-0.15, -0.1) is 0 Å². The summed E-state index contributed by atoms with van der Waals surface area (Å²) in [6.07, 6.45) is -2.15. The molecule has 0 aliphatic rings. The van der Waals surface area contributed by atoms with E-state index in [0.29, 0.717) is 6.29 Å². The molecule has 4 N–H and O–H groups in total. The number of phenolic OH excluding ortho intramolecular Hbond substituents is 1. The highest BCUT2D eigenvalue weighted by Crippen LogP contribution is 2.22. The van der Waals surface area contributed by atoms with Crippen LogP contribution in [0.3, 0.4) is 0 Å². The molecule has 0 aliphatic heterocycles. The highest BCUT2D eigenvalue weighted by molar-refractivity contribution is 5.79. The van der Waals surface area contributed by atoms with E-state index in [2.05, 4.69) is 0 Å². The summed E-state index contributed by atoms with van der Waals surface area (Å²) in [6, 6.07) is 3.87.